The van der Waals surface area contributed by atoms with Gasteiger partial charge < -0.3 is 9.80 Å². The van der Waals surface area contributed by atoms with Gasteiger partial charge in [-0.3, -0.25) is 4.79 Å². The van der Waals surface area contributed by atoms with Crippen LogP contribution in [0.5, 0.6) is 0 Å². The Labute approximate surface area is 132 Å². The molecule has 2 aliphatic rings. The topological polar surface area (TPSA) is 49.3 Å². The average Bonchev–Trinajstić information content (AvgIpc) is 2.57. The molecule has 0 spiro atoms. The van der Waals surface area contributed by atoms with Crippen LogP contribution in [0.4, 0.5) is 5.82 Å². The normalized spacial score (nSPS) is 22.7. The third-order valence-corrected chi connectivity index (χ3v) is 5.05. The zero-order valence-corrected chi connectivity index (χ0v) is 13.7. The molecule has 2 saturated heterocycles. The highest BCUT2D eigenvalue weighted by molar-refractivity contribution is 5.80. The number of carbonyl (C=O) groups excluding carboxylic acids is 1. The highest BCUT2D eigenvalue weighted by Gasteiger charge is 2.30. The van der Waals surface area contributed by atoms with Crippen LogP contribution in [-0.2, 0) is 4.79 Å². The zero-order chi connectivity index (χ0) is 15.5. The molecule has 0 bridgehead atoms. The van der Waals surface area contributed by atoms with Gasteiger partial charge in [-0.25, -0.2) is 9.97 Å². The number of amides is 1. The molecule has 2 fully saturated rings. The fraction of sp³-hybridized carbons (Fsp3) is 0.706. The number of carbonyl (C=O) groups is 1. The van der Waals surface area contributed by atoms with E-state index in [0.29, 0.717) is 5.91 Å². The maximum atomic E-state index is 12.7. The number of aromatic nitrogens is 2. The average molecular weight is 302 g/mol. The minimum atomic E-state index is 0.126. The Morgan fingerprint density at radius 2 is 1.86 bits per heavy atom. The Kier molecular flexibility index (Phi) is 4.60. The molecule has 22 heavy (non-hydrogen) atoms. The Bertz CT molecular complexity index is 539. The van der Waals surface area contributed by atoms with Crippen LogP contribution in [0.15, 0.2) is 6.33 Å². The van der Waals surface area contributed by atoms with Gasteiger partial charge >= 0.3 is 0 Å². The van der Waals surface area contributed by atoms with Gasteiger partial charge in [0.05, 0.1) is 5.92 Å². The third kappa shape index (κ3) is 3.08. The fourth-order valence-corrected chi connectivity index (χ4v) is 3.59. The van der Waals surface area contributed by atoms with E-state index in [1.54, 1.807) is 6.33 Å². The van der Waals surface area contributed by atoms with Crippen molar-refractivity contribution in [2.75, 3.05) is 31.1 Å². The smallest absolute Gasteiger partial charge is 0.227 e. The molecule has 1 aromatic rings. The lowest BCUT2D eigenvalue weighted by Crippen LogP contribution is -2.46. The number of hydrogen-bond acceptors (Lipinski definition) is 4. The van der Waals surface area contributed by atoms with E-state index in [0.717, 1.165) is 68.9 Å². The molecule has 0 saturated carbocycles. The summed E-state index contributed by atoms with van der Waals surface area (Å²) in [6, 6.07) is 0. The number of nitrogens with zero attached hydrogens (tertiary/aromatic N) is 4. The quantitative estimate of drug-likeness (QED) is 0.841. The van der Waals surface area contributed by atoms with Gasteiger partial charge in [-0.1, -0.05) is 0 Å². The van der Waals surface area contributed by atoms with Gasteiger partial charge in [-0.2, -0.15) is 0 Å². The number of hydrogen-bond donors (Lipinski definition) is 0. The minimum Gasteiger partial charge on any atom is -0.355 e. The molecule has 5 heteroatoms. The molecule has 0 N–H and O–H groups in total. The molecule has 0 aromatic carbocycles. The van der Waals surface area contributed by atoms with Gasteiger partial charge in [0, 0.05) is 37.4 Å². The van der Waals surface area contributed by atoms with E-state index in [4.69, 9.17) is 0 Å². The SMILES string of the molecule is Cc1ncnc(N2CCCC(C(=O)N3CCCCC3)C2)c1C. The van der Waals surface area contributed by atoms with Crippen molar-refractivity contribution in [1.29, 1.82) is 0 Å². The van der Waals surface area contributed by atoms with Crippen molar-refractivity contribution in [3.05, 3.63) is 17.6 Å². The lowest BCUT2D eigenvalue weighted by atomic mass is 9.95. The van der Waals surface area contributed by atoms with Gasteiger partial charge in [0.1, 0.15) is 12.1 Å². The largest absolute Gasteiger partial charge is 0.355 e. The molecule has 0 aliphatic carbocycles. The molecular formula is C17H26N4O. The molecule has 5 nitrogen and oxygen atoms in total. The van der Waals surface area contributed by atoms with Crippen molar-refractivity contribution in [2.45, 2.75) is 46.0 Å². The first kappa shape index (κ1) is 15.3. The number of piperidine rings is 2. The predicted molar refractivity (Wildman–Crippen MR) is 86.9 cm³/mol. The number of likely N-dealkylation sites (tertiary alicyclic amines) is 1. The van der Waals surface area contributed by atoms with Crippen LogP contribution in [0.1, 0.15) is 43.4 Å². The van der Waals surface area contributed by atoms with Crippen LogP contribution < -0.4 is 4.90 Å². The van der Waals surface area contributed by atoms with E-state index >= 15 is 0 Å². The van der Waals surface area contributed by atoms with Gasteiger partial charge in [-0.15, -0.1) is 0 Å². The van der Waals surface area contributed by atoms with Crippen LogP contribution >= 0.6 is 0 Å². The van der Waals surface area contributed by atoms with Crippen LogP contribution in [0, 0.1) is 19.8 Å². The molecular weight excluding hydrogens is 276 g/mol. The fourth-order valence-electron chi connectivity index (χ4n) is 3.59. The Morgan fingerprint density at radius 3 is 2.64 bits per heavy atom. The standard InChI is InChI=1S/C17H26N4O/c1-13-14(2)18-12-19-16(13)21-10-6-7-15(11-21)17(22)20-8-4-3-5-9-20/h12,15H,3-11H2,1-2H3. The van der Waals surface area contributed by atoms with E-state index < -0.39 is 0 Å². The molecule has 1 unspecified atom stereocenters. The van der Waals surface area contributed by atoms with Crippen LogP contribution in [0.3, 0.4) is 0 Å². The molecule has 3 heterocycles. The summed E-state index contributed by atoms with van der Waals surface area (Å²) in [4.78, 5) is 25.8. The highest BCUT2D eigenvalue weighted by Crippen LogP contribution is 2.26. The Hall–Kier alpha value is -1.65. The lowest BCUT2D eigenvalue weighted by Gasteiger charge is -2.37. The summed E-state index contributed by atoms with van der Waals surface area (Å²) >= 11 is 0. The molecule has 3 rings (SSSR count). The summed E-state index contributed by atoms with van der Waals surface area (Å²) in [5, 5.41) is 0. The van der Waals surface area contributed by atoms with Crippen molar-refractivity contribution in [3.8, 4) is 0 Å². The van der Waals surface area contributed by atoms with Crippen molar-refractivity contribution < 1.29 is 4.79 Å². The van der Waals surface area contributed by atoms with Gasteiger partial charge in [0.2, 0.25) is 5.91 Å². The second-order valence-corrected chi connectivity index (χ2v) is 6.58. The highest BCUT2D eigenvalue weighted by atomic mass is 16.2. The van der Waals surface area contributed by atoms with Gasteiger partial charge in [0.25, 0.3) is 0 Å². The first-order chi connectivity index (χ1) is 10.7. The first-order valence-electron chi connectivity index (χ1n) is 8.49. The molecule has 1 atom stereocenters. The van der Waals surface area contributed by atoms with Crippen molar-refractivity contribution in [2.24, 2.45) is 5.92 Å². The van der Waals surface area contributed by atoms with Gasteiger partial charge in [-0.05, 0) is 46.0 Å². The lowest BCUT2D eigenvalue weighted by molar-refractivity contribution is -0.136. The van der Waals surface area contributed by atoms with Crippen LogP contribution in [-0.4, -0.2) is 47.0 Å². The molecule has 2 aliphatic heterocycles. The summed E-state index contributed by atoms with van der Waals surface area (Å²) in [6.45, 7) is 7.76. The van der Waals surface area contributed by atoms with Crippen LogP contribution in [0.25, 0.3) is 0 Å². The minimum absolute atomic E-state index is 0.126. The maximum Gasteiger partial charge on any atom is 0.227 e. The van der Waals surface area contributed by atoms with E-state index in [2.05, 4.69) is 26.7 Å². The van der Waals surface area contributed by atoms with E-state index in [1.165, 1.54) is 6.42 Å². The third-order valence-electron chi connectivity index (χ3n) is 5.05. The second kappa shape index (κ2) is 6.63. The summed E-state index contributed by atoms with van der Waals surface area (Å²) in [5.74, 6) is 1.48. The predicted octanol–water partition coefficient (Wildman–Crippen LogP) is 2.32. The molecule has 1 amide bonds. The summed E-state index contributed by atoms with van der Waals surface area (Å²) in [5.41, 5.74) is 2.16. The number of anilines is 1. The van der Waals surface area contributed by atoms with Crippen molar-refractivity contribution in [1.82, 2.24) is 14.9 Å². The molecule has 1 aromatic heterocycles. The van der Waals surface area contributed by atoms with E-state index in [1.807, 2.05) is 6.92 Å². The first-order valence-corrected chi connectivity index (χ1v) is 8.49. The van der Waals surface area contributed by atoms with Crippen molar-refractivity contribution >= 4 is 11.7 Å². The second-order valence-electron chi connectivity index (χ2n) is 6.58. The molecule has 0 radical (unpaired) electrons. The summed E-state index contributed by atoms with van der Waals surface area (Å²) in [6.07, 6.45) is 7.29. The van der Waals surface area contributed by atoms with E-state index in [-0.39, 0.29) is 5.92 Å². The zero-order valence-electron chi connectivity index (χ0n) is 13.7. The number of rotatable bonds is 2. The van der Waals surface area contributed by atoms with E-state index in [9.17, 15) is 4.79 Å². The summed E-state index contributed by atoms with van der Waals surface area (Å²) < 4.78 is 0. The van der Waals surface area contributed by atoms with Crippen molar-refractivity contribution in [3.63, 3.8) is 0 Å². The number of aryl methyl sites for hydroxylation is 1. The van der Waals surface area contributed by atoms with Gasteiger partial charge in [0.15, 0.2) is 0 Å². The summed E-state index contributed by atoms with van der Waals surface area (Å²) in [7, 11) is 0. The monoisotopic (exact) mass is 302 g/mol. The van der Waals surface area contributed by atoms with Crippen LogP contribution in [0.2, 0.25) is 0 Å². The maximum absolute atomic E-state index is 12.7. The molecule has 120 valence electrons. The Morgan fingerprint density at radius 1 is 1.09 bits per heavy atom. The Balaban J connectivity index is 1.71.